The number of amides is 1. The van der Waals surface area contributed by atoms with E-state index in [0.717, 1.165) is 5.69 Å². The fourth-order valence-corrected chi connectivity index (χ4v) is 3.53. The van der Waals surface area contributed by atoms with Crippen LogP contribution < -0.4 is 5.32 Å². The lowest BCUT2D eigenvalue weighted by Crippen LogP contribution is -2.21. The van der Waals surface area contributed by atoms with Crippen LogP contribution in [0.25, 0.3) is 11.8 Å². The average molecular weight is 474 g/mol. The molecule has 0 aliphatic rings. The van der Waals surface area contributed by atoms with E-state index in [0.29, 0.717) is 26.9 Å². The molecule has 0 radical (unpaired) electrons. The Balaban J connectivity index is 1.64. The minimum Gasteiger partial charge on any atom is -0.461 e. The molecule has 3 aromatic rings. The van der Waals surface area contributed by atoms with Gasteiger partial charge in [-0.2, -0.15) is 0 Å². The SMILES string of the molecule is CCOC(=O)c1ccc(C=CC(=O)NCc2cccn2-c2ccc(Cl)c(CO)c2Cl)cn1. The molecule has 2 N–H and O–H groups in total. The number of ether oxygens (including phenoxy) is 1. The molecular formula is C23H21Cl2N3O4. The van der Waals surface area contributed by atoms with Crippen molar-refractivity contribution >= 4 is 41.2 Å². The van der Waals surface area contributed by atoms with Crippen LogP contribution >= 0.6 is 23.2 Å². The van der Waals surface area contributed by atoms with E-state index in [-0.39, 0.29) is 31.4 Å². The van der Waals surface area contributed by atoms with Crippen LogP contribution in [0.3, 0.4) is 0 Å². The average Bonchev–Trinajstić information content (AvgIpc) is 3.25. The molecule has 9 heteroatoms. The van der Waals surface area contributed by atoms with Crippen LogP contribution in [-0.2, 0) is 22.7 Å². The number of carbonyl (C=O) groups is 2. The number of hydrogen-bond acceptors (Lipinski definition) is 5. The number of pyridine rings is 1. The lowest BCUT2D eigenvalue weighted by molar-refractivity contribution is -0.116. The number of halogens is 2. The van der Waals surface area contributed by atoms with Gasteiger partial charge in [-0.05, 0) is 48.9 Å². The lowest BCUT2D eigenvalue weighted by atomic mass is 10.2. The molecule has 3 rings (SSSR count). The molecule has 0 spiro atoms. The Morgan fingerprint density at radius 2 is 2.03 bits per heavy atom. The number of aliphatic hydroxyl groups excluding tert-OH is 1. The Morgan fingerprint density at radius 1 is 1.22 bits per heavy atom. The van der Waals surface area contributed by atoms with Crippen LogP contribution in [-0.4, -0.2) is 33.1 Å². The van der Waals surface area contributed by atoms with Gasteiger partial charge in [0.1, 0.15) is 5.69 Å². The molecule has 7 nitrogen and oxygen atoms in total. The Hall–Kier alpha value is -3.13. The quantitative estimate of drug-likeness (QED) is 0.378. The minimum absolute atomic E-state index is 0.208. The van der Waals surface area contributed by atoms with E-state index in [4.69, 9.17) is 27.9 Å². The molecule has 2 heterocycles. The van der Waals surface area contributed by atoms with Crippen molar-refractivity contribution in [3.05, 3.63) is 87.4 Å². The van der Waals surface area contributed by atoms with Crippen LogP contribution in [0.2, 0.25) is 10.0 Å². The van der Waals surface area contributed by atoms with Gasteiger partial charge in [-0.25, -0.2) is 9.78 Å². The molecule has 0 atom stereocenters. The number of aliphatic hydroxyl groups is 1. The first-order valence-corrected chi connectivity index (χ1v) is 10.5. The second-order valence-corrected chi connectivity index (χ2v) is 7.42. The lowest BCUT2D eigenvalue weighted by Gasteiger charge is -2.14. The topological polar surface area (TPSA) is 93.5 Å². The summed E-state index contributed by atoms with van der Waals surface area (Å²) in [5.41, 5.74) is 2.76. The Labute approximate surface area is 195 Å². The number of nitrogens with zero attached hydrogens (tertiary/aromatic N) is 2. The van der Waals surface area contributed by atoms with Gasteiger partial charge in [-0.3, -0.25) is 4.79 Å². The summed E-state index contributed by atoms with van der Waals surface area (Å²) >= 11 is 12.5. The first-order chi connectivity index (χ1) is 15.4. The zero-order valence-corrected chi connectivity index (χ0v) is 18.7. The standard InChI is InChI=1S/C23H21Cl2N3O4/c1-2-32-23(31)19-8-5-15(12-26-19)6-10-21(30)27-13-16-4-3-11-28(16)20-9-7-18(24)17(14-29)22(20)25/h3-12,29H,2,13-14H2,1H3,(H,27,30). The summed E-state index contributed by atoms with van der Waals surface area (Å²) < 4.78 is 6.71. The number of hydrogen-bond donors (Lipinski definition) is 2. The highest BCUT2D eigenvalue weighted by Crippen LogP contribution is 2.31. The second-order valence-electron chi connectivity index (χ2n) is 6.64. The van der Waals surface area contributed by atoms with Gasteiger partial charge >= 0.3 is 5.97 Å². The molecule has 0 bridgehead atoms. The Morgan fingerprint density at radius 3 is 2.72 bits per heavy atom. The van der Waals surface area contributed by atoms with E-state index in [1.165, 1.54) is 12.3 Å². The predicted molar refractivity (Wildman–Crippen MR) is 123 cm³/mol. The third kappa shape index (κ3) is 5.56. The fraction of sp³-hybridized carbons (Fsp3) is 0.174. The van der Waals surface area contributed by atoms with Crippen molar-refractivity contribution < 1.29 is 19.4 Å². The van der Waals surface area contributed by atoms with Gasteiger partial charge in [0.2, 0.25) is 5.91 Å². The summed E-state index contributed by atoms with van der Waals surface area (Å²) in [6, 6.07) is 10.3. The van der Waals surface area contributed by atoms with Crippen molar-refractivity contribution in [2.75, 3.05) is 6.61 Å². The first kappa shape index (κ1) is 23.5. The van der Waals surface area contributed by atoms with Gasteiger partial charge in [-0.1, -0.05) is 29.3 Å². The molecule has 0 saturated carbocycles. The third-order valence-electron chi connectivity index (χ3n) is 4.56. The highest BCUT2D eigenvalue weighted by Gasteiger charge is 2.13. The van der Waals surface area contributed by atoms with Crippen LogP contribution in [0.15, 0.2) is 54.9 Å². The number of esters is 1. The van der Waals surface area contributed by atoms with E-state index in [1.54, 1.807) is 37.3 Å². The Kier molecular flexibility index (Phi) is 8.05. The fourth-order valence-electron chi connectivity index (χ4n) is 2.95. The van der Waals surface area contributed by atoms with Crippen molar-refractivity contribution in [3.8, 4) is 5.69 Å². The smallest absolute Gasteiger partial charge is 0.356 e. The van der Waals surface area contributed by atoms with Gasteiger partial charge in [0, 0.05) is 34.7 Å². The zero-order valence-electron chi connectivity index (χ0n) is 17.2. The van der Waals surface area contributed by atoms with E-state index < -0.39 is 5.97 Å². The van der Waals surface area contributed by atoms with Gasteiger partial charge in [0.05, 0.1) is 30.5 Å². The van der Waals surface area contributed by atoms with Crippen LogP contribution in [0.4, 0.5) is 0 Å². The monoisotopic (exact) mass is 473 g/mol. The maximum atomic E-state index is 12.3. The predicted octanol–water partition coefficient (Wildman–Crippen LogP) is 4.18. The highest BCUT2D eigenvalue weighted by molar-refractivity contribution is 6.37. The summed E-state index contributed by atoms with van der Waals surface area (Å²) in [5, 5.41) is 13.1. The van der Waals surface area contributed by atoms with Crippen molar-refractivity contribution in [2.45, 2.75) is 20.1 Å². The van der Waals surface area contributed by atoms with Crippen molar-refractivity contribution in [2.24, 2.45) is 0 Å². The number of aromatic nitrogens is 2. The molecule has 0 aliphatic heterocycles. The molecule has 1 aromatic carbocycles. The summed E-state index contributed by atoms with van der Waals surface area (Å²) in [7, 11) is 0. The molecule has 2 aromatic heterocycles. The van der Waals surface area contributed by atoms with Crippen LogP contribution in [0.1, 0.15) is 34.2 Å². The molecule has 0 fully saturated rings. The van der Waals surface area contributed by atoms with Gasteiger partial charge in [-0.15, -0.1) is 0 Å². The number of rotatable bonds is 8. The highest BCUT2D eigenvalue weighted by atomic mass is 35.5. The van der Waals surface area contributed by atoms with E-state index in [2.05, 4.69) is 10.3 Å². The maximum absolute atomic E-state index is 12.3. The molecule has 0 aliphatic carbocycles. The van der Waals surface area contributed by atoms with Crippen LogP contribution in [0.5, 0.6) is 0 Å². The molecular weight excluding hydrogens is 453 g/mol. The third-order valence-corrected chi connectivity index (χ3v) is 5.33. The van der Waals surface area contributed by atoms with Crippen molar-refractivity contribution in [3.63, 3.8) is 0 Å². The number of benzene rings is 1. The van der Waals surface area contributed by atoms with E-state index >= 15 is 0 Å². The van der Waals surface area contributed by atoms with Gasteiger partial charge < -0.3 is 19.7 Å². The molecule has 32 heavy (non-hydrogen) atoms. The minimum atomic E-state index is -0.490. The first-order valence-electron chi connectivity index (χ1n) is 9.78. The number of carbonyl (C=O) groups excluding carboxylic acids is 2. The number of nitrogens with one attached hydrogen (secondary N) is 1. The van der Waals surface area contributed by atoms with Crippen molar-refractivity contribution in [1.82, 2.24) is 14.9 Å². The summed E-state index contributed by atoms with van der Waals surface area (Å²) in [4.78, 5) is 27.9. The van der Waals surface area contributed by atoms with Gasteiger partial charge in [0.25, 0.3) is 0 Å². The largest absolute Gasteiger partial charge is 0.461 e. The maximum Gasteiger partial charge on any atom is 0.356 e. The van der Waals surface area contributed by atoms with Crippen molar-refractivity contribution in [1.29, 1.82) is 0 Å². The normalized spacial score (nSPS) is 11.0. The second kappa shape index (κ2) is 10.9. The van der Waals surface area contributed by atoms with Gasteiger partial charge in [0.15, 0.2) is 0 Å². The molecule has 0 saturated heterocycles. The van der Waals surface area contributed by atoms with E-state index in [1.807, 2.05) is 22.9 Å². The summed E-state index contributed by atoms with van der Waals surface area (Å²) in [6.07, 6.45) is 6.28. The summed E-state index contributed by atoms with van der Waals surface area (Å²) in [6.45, 7) is 1.97. The zero-order chi connectivity index (χ0) is 23.1. The van der Waals surface area contributed by atoms with E-state index in [9.17, 15) is 14.7 Å². The summed E-state index contributed by atoms with van der Waals surface area (Å²) in [5.74, 6) is -0.791. The molecule has 1 amide bonds. The molecule has 166 valence electrons. The Bertz CT molecular complexity index is 1140. The molecule has 0 unspecified atom stereocenters. The van der Waals surface area contributed by atoms with Crippen LogP contribution in [0, 0.1) is 0 Å².